The van der Waals surface area contributed by atoms with Crippen molar-refractivity contribution in [3.8, 4) is 0 Å². The molecule has 0 aromatic carbocycles. The fourth-order valence-electron chi connectivity index (χ4n) is 6.73. The van der Waals surface area contributed by atoms with E-state index in [1.165, 1.54) is 221 Å². The second-order valence-electron chi connectivity index (χ2n) is 16.0. The number of hydrogen-bond acceptors (Lipinski definition) is 0. The summed E-state index contributed by atoms with van der Waals surface area (Å²) in [6.45, 7) is 9.96. The summed E-state index contributed by atoms with van der Waals surface area (Å²) in [5, 5.41) is 0. The van der Waals surface area contributed by atoms with Crippen molar-refractivity contribution in [2.75, 3.05) is 54.4 Å². The van der Waals surface area contributed by atoms with Gasteiger partial charge < -0.3 is 8.97 Å². The van der Waals surface area contributed by atoms with Crippen molar-refractivity contribution < 1.29 is 8.97 Å². The molecule has 0 unspecified atom stereocenters. The normalized spacial score (nSPS) is 12.8. The smallest absolute Gasteiger partial charge is 0.0836 e. The predicted molar refractivity (Wildman–Crippen MR) is 207 cm³/mol. The van der Waals surface area contributed by atoms with Crippen LogP contribution in [0.3, 0.4) is 0 Å². The molecule has 0 bridgehead atoms. The van der Waals surface area contributed by atoms with Crippen LogP contribution in [0.15, 0.2) is 24.3 Å². The molecule has 0 fully saturated rings. The van der Waals surface area contributed by atoms with Gasteiger partial charge in [0.05, 0.1) is 54.4 Å². The van der Waals surface area contributed by atoms with E-state index in [1.807, 2.05) is 0 Å². The predicted octanol–water partition coefficient (Wildman–Crippen LogP) is 13.6. The fraction of sp³-hybridized carbons (Fsp3) is 0.907. The number of allylic oxidation sites excluding steroid dienone is 4. The Morgan fingerprint density at radius 2 is 0.489 bits per heavy atom. The molecule has 0 aromatic rings. The summed E-state index contributed by atoms with van der Waals surface area (Å²) >= 11 is 0. The second-order valence-corrected chi connectivity index (χ2v) is 16.0. The van der Waals surface area contributed by atoms with Gasteiger partial charge in [0.2, 0.25) is 0 Å². The molecule has 0 amide bonds. The molecule has 0 saturated carbocycles. The van der Waals surface area contributed by atoms with E-state index in [9.17, 15) is 0 Å². The molecule has 2 heteroatoms. The van der Waals surface area contributed by atoms with Crippen LogP contribution in [0.2, 0.25) is 0 Å². The maximum absolute atomic E-state index is 2.46. The number of quaternary nitrogens is 2. The molecule has 0 aliphatic heterocycles. The van der Waals surface area contributed by atoms with Crippen LogP contribution in [0.4, 0.5) is 0 Å². The van der Waals surface area contributed by atoms with Crippen molar-refractivity contribution in [1.82, 2.24) is 0 Å². The van der Waals surface area contributed by atoms with Gasteiger partial charge in [-0.2, -0.15) is 0 Å². The average Bonchev–Trinajstić information content (AvgIpc) is 3.00. The molecule has 2 nitrogen and oxygen atoms in total. The lowest BCUT2D eigenvalue weighted by Gasteiger charge is -2.33. The average molecular weight is 633 g/mol. The van der Waals surface area contributed by atoms with E-state index in [0.29, 0.717) is 0 Å². The summed E-state index contributed by atoms with van der Waals surface area (Å²) in [4.78, 5) is 0. The van der Waals surface area contributed by atoms with Crippen LogP contribution >= 0.6 is 0 Å². The Labute approximate surface area is 287 Å². The van der Waals surface area contributed by atoms with Gasteiger partial charge in [0.1, 0.15) is 0 Å². The van der Waals surface area contributed by atoms with Gasteiger partial charge in [-0.1, -0.05) is 141 Å². The van der Waals surface area contributed by atoms with Gasteiger partial charge in [-0.15, -0.1) is 0 Å². The minimum Gasteiger partial charge on any atom is -0.328 e. The summed E-state index contributed by atoms with van der Waals surface area (Å²) in [6, 6.07) is 0. The Balaban J connectivity index is 3.57. The molecule has 0 aliphatic carbocycles. The molecular weight excluding hydrogens is 544 g/mol. The lowest BCUT2D eigenvalue weighted by atomic mass is 10.1. The van der Waals surface area contributed by atoms with Gasteiger partial charge in [-0.05, 0) is 77.0 Å². The van der Waals surface area contributed by atoms with Crippen molar-refractivity contribution in [3.05, 3.63) is 24.3 Å². The molecule has 0 saturated heterocycles. The van der Waals surface area contributed by atoms with E-state index in [2.05, 4.69) is 66.3 Å². The summed E-state index contributed by atoms with van der Waals surface area (Å²) in [7, 11) is 9.84. The van der Waals surface area contributed by atoms with Gasteiger partial charge in [-0.3, -0.25) is 0 Å². The van der Waals surface area contributed by atoms with Crippen LogP contribution < -0.4 is 0 Å². The number of unbranched alkanes of at least 4 members (excludes halogenated alkanes) is 24. The maximum Gasteiger partial charge on any atom is 0.0836 e. The fourth-order valence-corrected chi connectivity index (χ4v) is 6.73. The molecule has 0 radical (unpaired) electrons. The zero-order valence-electron chi connectivity index (χ0n) is 32.5. The zero-order chi connectivity index (χ0) is 33.2. The van der Waals surface area contributed by atoms with Crippen LogP contribution in [0, 0.1) is 0 Å². The first kappa shape index (κ1) is 44.4. The molecule has 268 valence electrons. The molecule has 0 rings (SSSR count). The quantitative estimate of drug-likeness (QED) is 0.0366. The molecule has 0 aliphatic rings. The van der Waals surface area contributed by atoms with Crippen molar-refractivity contribution in [1.29, 1.82) is 0 Å². The summed E-state index contributed by atoms with van der Waals surface area (Å²) < 4.78 is 2.41. The standard InChI is InChI=1S/C43H88N2/c1-7-9-11-13-15-17-19-21-23-25-27-29-31-33-35-37-40-44(3,4)42-39-43-45(5,6)41-38-36-34-32-30-28-26-24-22-20-18-16-14-12-10-8-2/h21-24H,7-20,25-43H2,1-6H3/q+2. The van der Waals surface area contributed by atoms with Crippen molar-refractivity contribution in [2.24, 2.45) is 0 Å². The van der Waals surface area contributed by atoms with Gasteiger partial charge in [0, 0.05) is 6.42 Å². The Morgan fingerprint density at radius 3 is 0.778 bits per heavy atom. The molecule has 0 atom stereocenters. The first-order chi connectivity index (χ1) is 21.8. The SMILES string of the molecule is CCCCCCCCC=CCCCCCCCC[N+](C)(C)CCC[N+](C)(C)CCCCCCCCC=CCCCCCCCC. The highest BCUT2D eigenvalue weighted by Crippen LogP contribution is 2.14. The molecule has 45 heavy (non-hydrogen) atoms. The van der Waals surface area contributed by atoms with E-state index in [4.69, 9.17) is 0 Å². The van der Waals surface area contributed by atoms with Crippen molar-refractivity contribution >= 4 is 0 Å². The van der Waals surface area contributed by atoms with E-state index in [-0.39, 0.29) is 0 Å². The third kappa shape index (κ3) is 36.1. The highest BCUT2D eigenvalue weighted by Gasteiger charge is 2.19. The lowest BCUT2D eigenvalue weighted by molar-refractivity contribution is -0.909. The van der Waals surface area contributed by atoms with Crippen LogP contribution in [0.25, 0.3) is 0 Å². The Bertz CT molecular complexity index is 578. The lowest BCUT2D eigenvalue weighted by Crippen LogP contribution is -2.46. The van der Waals surface area contributed by atoms with E-state index < -0.39 is 0 Å². The van der Waals surface area contributed by atoms with Gasteiger partial charge >= 0.3 is 0 Å². The van der Waals surface area contributed by atoms with Crippen LogP contribution in [-0.4, -0.2) is 63.3 Å². The Hall–Kier alpha value is -0.600. The van der Waals surface area contributed by atoms with Gasteiger partial charge in [0.15, 0.2) is 0 Å². The zero-order valence-corrected chi connectivity index (χ0v) is 32.5. The molecule has 0 N–H and O–H groups in total. The highest BCUT2D eigenvalue weighted by molar-refractivity contribution is 4.82. The van der Waals surface area contributed by atoms with E-state index >= 15 is 0 Å². The highest BCUT2D eigenvalue weighted by atomic mass is 15.3. The monoisotopic (exact) mass is 633 g/mol. The third-order valence-electron chi connectivity index (χ3n) is 10.1. The molecule has 0 heterocycles. The minimum atomic E-state index is 1.21. The summed E-state index contributed by atoms with van der Waals surface area (Å²) in [5.74, 6) is 0. The largest absolute Gasteiger partial charge is 0.328 e. The number of rotatable bonds is 36. The second kappa shape index (κ2) is 33.3. The Morgan fingerprint density at radius 1 is 0.267 bits per heavy atom. The summed E-state index contributed by atoms with van der Waals surface area (Å²) in [6.07, 6.45) is 50.3. The van der Waals surface area contributed by atoms with Crippen LogP contribution in [0.1, 0.15) is 200 Å². The molecular formula is C43H88N2+2. The van der Waals surface area contributed by atoms with Crippen LogP contribution in [0.5, 0.6) is 0 Å². The van der Waals surface area contributed by atoms with Crippen molar-refractivity contribution in [2.45, 2.75) is 200 Å². The van der Waals surface area contributed by atoms with E-state index in [0.717, 1.165) is 0 Å². The number of hydrogen-bond donors (Lipinski definition) is 0. The van der Waals surface area contributed by atoms with Gasteiger partial charge in [-0.25, -0.2) is 0 Å². The summed E-state index contributed by atoms with van der Waals surface area (Å²) in [5.41, 5.74) is 0. The first-order valence-corrected chi connectivity index (χ1v) is 20.8. The molecule has 0 spiro atoms. The Kier molecular flexibility index (Phi) is 32.9. The van der Waals surface area contributed by atoms with Crippen LogP contribution in [-0.2, 0) is 0 Å². The first-order valence-electron chi connectivity index (χ1n) is 20.8. The maximum atomic E-state index is 2.46. The third-order valence-corrected chi connectivity index (χ3v) is 10.1. The van der Waals surface area contributed by atoms with Crippen molar-refractivity contribution in [3.63, 3.8) is 0 Å². The molecule has 0 aromatic heterocycles. The minimum absolute atomic E-state index is 1.21. The topological polar surface area (TPSA) is 0 Å². The van der Waals surface area contributed by atoms with E-state index in [1.54, 1.807) is 0 Å². The number of nitrogens with zero attached hydrogens (tertiary/aromatic N) is 2. The van der Waals surface area contributed by atoms with Gasteiger partial charge in [0.25, 0.3) is 0 Å².